The summed E-state index contributed by atoms with van der Waals surface area (Å²) in [4.78, 5) is 24.3. The Bertz CT molecular complexity index is 484. The molecule has 2 unspecified atom stereocenters. The van der Waals surface area contributed by atoms with Gasteiger partial charge in [-0.05, 0) is 18.9 Å². The number of hydrogen-bond acceptors (Lipinski definition) is 2. The maximum absolute atomic E-state index is 12.0. The normalized spacial score (nSPS) is 21.4. The standard InChI is InChI=1S/C14H17NO3/c1-9-4-3-5-10(6-9)8-15(2)13(16)11-7-12(11)14(17)18/h3-6,11-12H,7-8H2,1-2H3,(H,17,18). The van der Waals surface area contributed by atoms with E-state index in [0.29, 0.717) is 13.0 Å². The molecular weight excluding hydrogens is 230 g/mol. The molecule has 0 heterocycles. The highest BCUT2D eigenvalue weighted by Crippen LogP contribution is 2.40. The Kier molecular flexibility index (Phi) is 3.36. The number of carbonyl (C=O) groups is 2. The second-order valence-electron chi connectivity index (χ2n) is 4.97. The van der Waals surface area contributed by atoms with Crippen molar-refractivity contribution in [3.05, 3.63) is 35.4 Å². The molecule has 1 N–H and O–H groups in total. The maximum atomic E-state index is 12.0. The van der Waals surface area contributed by atoms with Gasteiger partial charge in [0.25, 0.3) is 0 Å². The van der Waals surface area contributed by atoms with Crippen molar-refractivity contribution in [2.45, 2.75) is 19.9 Å². The van der Waals surface area contributed by atoms with Gasteiger partial charge in [0.2, 0.25) is 5.91 Å². The molecule has 18 heavy (non-hydrogen) atoms. The average molecular weight is 247 g/mol. The van der Waals surface area contributed by atoms with Gasteiger partial charge in [0.15, 0.2) is 0 Å². The van der Waals surface area contributed by atoms with Crippen LogP contribution in [0.1, 0.15) is 17.5 Å². The Morgan fingerprint density at radius 3 is 2.67 bits per heavy atom. The van der Waals surface area contributed by atoms with E-state index in [1.165, 1.54) is 0 Å². The number of aryl methyl sites for hydroxylation is 1. The predicted octanol–water partition coefficient (Wildman–Crippen LogP) is 1.67. The van der Waals surface area contributed by atoms with Crippen LogP contribution in [0.15, 0.2) is 24.3 Å². The van der Waals surface area contributed by atoms with Crippen molar-refractivity contribution in [3.63, 3.8) is 0 Å². The van der Waals surface area contributed by atoms with Gasteiger partial charge in [-0.15, -0.1) is 0 Å². The first kappa shape index (κ1) is 12.6. The monoisotopic (exact) mass is 247 g/mol. The highest BCUT2D eigenvalue weighted by molar-refractivity contribution is 5.89. The maximum Gasteiger partial charge on any atom is 0.307 e. The van der Waals surface area contributed by atoms with E-state index in [-0.39, 0.29) is 11.8 Å². The van der Waals surface area contributed by atoms with Crippen LogP contribution in [-0.2, 0) is 16.1 Å². The SMILES string of the molecule is Cc1cccc(CN(C)C(=O)C2CC2C(=O)O)c1. The zero-order valence-electron chi connectivity index (χ0n) is 10.6. The van der Waals surface area contributed by atoms with E-state index < -0.39 is 11.9 Å². The number of rotatable bonds is 4. The lowest BCUT2D eigenvalue weighted by Gasteiger charge is -2.17. The number of aliphatic carboxylic acids is 1. The minimum Gasteiger partial charge on any atom is -0.481 e. The van der Waals surface area contributed by atoms with Gasteiger partial charge in [0.05, 0.1) is 11.8 Å². The molecule has 96 valence electrons. The van der Waals surface area contributed by atoms with Crippen LogP contribution in [0.25, 0.3) is 0 Å². The van der Waals surface area contributed by atoms with Crippen LogP contribution in [0.4, 0.5) is 0 Å². The molecular formula is C14H17NO3. The first-order chi connectivity index (χ1) is 8.49. The zero-order valence-corrected chi connectivity index (χ0v) is 10.6. The average Bonchev–Trinajstić information content (AvgIpc) is 3.07. The smallest absolute Gasteiger partial charge is 0.307 e. The molecule has 1 aromatic rings. The van der Waals surface area contributed by atoms with Gasteiger partial charge < -0.3 is 10.0 Å². The number of carbonyl (C=O) groups excluding carboxylic acids is 1. The van der Waals surface area contributed by atoms with Crippen molar-refractivity contribution in [2.24, 2.45) is 11.8 Å². The summed E-state index contributed by atoms with van der Waals surface area (Å²) in [6.07, 6.45) is 0.478. The molecule has 4 heteroatoms. The molecule has 4 nitrogen and oxygen atoms in total. The van der Waals surface area contributed by atoms with Gasteiger partial charge >= 0.3 is 5.97 Å². The van der Waals surface area contributed by atoms with Crippen LogP contribution in [0.5, 0.6) is 0 Å². The van der Waals surface area contributed by atoms with E-state index in [9.17, 15) is 9.59 Å². The van der Waals surface area contributed by atoms with Crippen LogP contribution in [0.3, 0.4) is 0 Å². The Morgan fingerprint density at radius 1 is 1.39 bits per heavy atom. The molecule has 2 rings (SSSR count). The summed E-state index contributed by atoms with van der Waals surface area (Å²) in [6, 6.07) is 7.97. The van der Waals surface area contributed by atoms with Crippen molar-refractivity contribution in [2.75, 3.05) is 7.05 Å². The van der Waals surface area contributed by atoms with Gasteiger partial charge in [0, 0.05) is 13.6 Å². The fraction of sp³-hybridized carbons (Fsp3) is 0.429. The highest BCUT2D eigenvalue weighted by atomic mass is 16.4. The minimum atomic E-state index is -0.864. The summed E-state index contributed by atoms with van der Waals surface area (Å²) < 4.78 is 0. The van der Waals surface area contributed by atoms with Crippen molar-refractivity contribution >= 4 is 11.9 Å². The van der Waals surface area contributed by atoms with E-state index in [0.717, 1.165) is 11.1 Å². The van der Waals surface area contributed by atoms with E-state index in [2.05, 4.69) is 0 Å². The summed E-state index contributed by atoms with van der Waals surface area (Å²) in [7, 11) is 1.72. The molecule has 0 radical (unpaired) electrons. The van der Waals surface area contributed by atoms with Crippen LogP contribution < -0.4 is 0 Å². The molecule has 1 saturated carbocycles. The molecule has 1 amide bonds. The molecule has 0 saturated heterocycles. The second kappa shape index (κ2) is 4.80. The van der Waals surface area contributed by atoms with Crippen LogP contribution in [0.2, 0.25) is 0 Å². The number of benzene rings is 1. The largest absolute Gasteiger partial charge is 0.481 e. The van der Waals surface area contributed by atoms with Crippen molar-refractivity contribution < 1.29 is 14.7 Å². The number of hydrogen-bond donors (Lipinski definition) is 1. The highest BCUT2D eigenvalue weighted by Gasteiger charge is 2.49. The van der Waals surface area contributed by atoms with Crippen molar-refractivity contribution in [1.82, 2.24) is 4.90 Å². The van der Waals surface area contributed by atoms with E-state index in [1.807, 2.05) is 31.2 Å². The fourth-order valence-corrected chi connectivity index (χ4v) is 2.19. The van der Waals surface area contributed by atoms with E-state index in [1.54, 1.807) is 11.9 Å². The summed E-state index contributed by atoms with van der Waals surface area (Å²) in [5, 5.41) is 8.81. The summed E-state index contributed by atoms with van der Waals surface area (Å²) in [5.41, 5.74) is 2.22. The topological polar surface area (TPSA) is 57.6 Å². The minimum absolute atomic E-state index is 0.0658. The number of amides is 1. The van der Waals surface area contributed by atoms with Crippen molar-refractivity contribution in [1.29, 1.82) is 0 Å². The third-order valence-corrected chi connectivity index (χ3v) is 3.30. The molecule has 2 atom stereocenters. The Hall–Kier alpha value is -1.84. The van der Waals surface area contributed by atoms with Gasteiger partial charge in [-0.3, -0.25) is 9.59 Å². The summed E-state index contributed by atoms with van der Waals surface area (Å²) in [6.45, 7) is 2.54. The first-order valence-corrected chi connectivity index (χ1v) is 6.02. The molecule has 1 aromatic carbocycles. The fourth-order valence-electron chi connectivity index (χ4n) is 2.19. The van der Waals surface area contributed by atoms with Crippen LogP contribution in [-0.4, -0.2) is 28.9 Å². The zero-order chi connectivity index (χ0) is 13.3. The predicted molar refractivity (Wildman–Crippen MR) is 66.9 cm³/mol. The lowest BCUT2D eigenvalue weighted by Crippen LogP contribution is -2.28. The van der Waals surface area contributed by atoms with Gasteiger partial charge in [0.1, 0.15) is 0 Å². The molecule has 0 aliphatic heterocycles. The third-order valence-electron chi connectivity index (χ3n) is 3.30. The Balaban J connectivity index is 1.94. The lowest BCUT2D eigenvalue weighted by molar-refractivity contribution is -0.141. The molecule has 1 fully saturated rings. The van der Waals surface area contributed by atoms with E-state index in [4.69, 9.17) is 5.11 Å². The Morgan fingerprint density at radius 2 is 2.11 bits per heavy atom. The molecule has 1 aliphatic rings. The first-order valence-electron chi connectivity index (χ1n) is 6.02. The van der Waals surface area contributed by atoms with Crippen LogP contribution in [0, 0.1) is 18.8 Å². The number of carboxylic acid groups (broad SMARTS) is 1. The number of nitrogens with zero attached hydrogens (tertiary/aromatic N) is 1. The van der Waals surface area contributed by atoms with E-state index >= 15 is 0 Å². The summed E-state index contributed by atoms with van der Waals surface area (Å²) >= 11 is 0. The molecule has 0 aromatic heterocycles. The summed E-state index contributed by atoms with van der Waals surface area (Å²) in [5.74, 6) is -1.73. The second-order valence-corrected chi connectivity index (χ2v) is 4.97. The molecule has 0 spiro atoms. The number of carboxylic acids is 1. The quantitative estimate of drug-likeness (QED) is 0.880. The van der Waals surface area contributed by atoms with Gasteiger partial charge in [-0.25, -0.2) is 0 Å². The van der Waals surface area contributed by atoms with Gasteiger partial charge in [-0.1, -0.05) is 29.8 Å². The van der Waals surface area contributed by atoms with Crippen molar-refractivity contribution in [3.8, 4) is 0 Å². The molecule has 0 bridgehead atoms. The lowest BCUT2D eigenvalue weighted by atomic mass is 10.1. The van der Waals surface area contributed by atoms with Crippen LogP contribution >= 0.6 is 0 Å². The molecule has 1 aliphatic carbocycles. The third kappa shape index (κ3) is 2.70. The van der Waals surface area contributed by atoms with Gasteiger partial charge in [-0.2, -0.15) is 0 Å². The Labute approximate surface area is 106 Å².